The van der Waals surface area contributed by atoms with Crippen molar-refractivity contribution in [2.24, 2.45) is 0 Å². The standard InChI is InChI=1S/C6H10O2/c1-2-3-6(4-7)5-8-6/h2-3,7H,4-5H2,1H3/b3-2+. The molecule has 0 aliphatic carbocycles. The fraction of sp³-hybridized carbons (Fsp3) is 0.667. The van der Waals surface area contributed by atoms with Gasteiger partial charge in [-0.05, 0) is 6.92 Å². The van der Waals surface area contributed by atoms with Crippen molar-refractivity contribution in [3.8, 4) is 0 Å². The van der Waals surface area contributed by atoms with Gasteiger partial charge in [-0.15, -0.1) is 0 Å². The van der Waals surface area contributed by atoms with Crippen LogP contribution in [0.1, 0.15) is 6.92 Å². The smallest absolute Gasteiger partial charge is 0.133 e. The van der Waals surface area contributed by atoms with Crippen LogP contribution in [0.15, 0.2) is 12.2 Å². The molecule has 1 N–H and O–H groups in total. The summed E-state index contributed by atoms with van der Waals surface area (Å²) in [5.41, 5.74) is -0.283. The average Bonchev–Trinajstić information content (AvgIpc) is 2.50. The van der Waals surface area contributed by atoms with E-state index in [1.807, 2.05) is 19.1 Å². The van der Waals surface area contributed by atoms with Gasteiger partial charge in [0.2, 0.25) is 0 Å². The van der Waals surface area contributed by atoms with E-state index in [0.29, 0.717) is 6.61 Å². The topological polar surface area (TPSA) is 32.8 Å². The van der Waals surface area contributed by atoms with Crippen LogP contribution in [0.5, 0.6) is 0 Å². The largest absolute Gasteiger partial charge is 0.393 e. The quantitative estimate of drug-likeness (QED) is 0.414. The molecule has 0 bridgehead atoms. The predicted molar refractivity (Wildman–Crippen MR) is 30.6 cm³/mol. The molecule has 0 aromatic carbocycles. The zero-order chi connectivity index (χ0) is 6.04. The molecule has 1 unspecified atom stereocenters. The molecule has 1 heterocycles. The van der Waals surface area contributed by atoms with Gasteiger partial charge in [0.25, 0.3) is 0 Å². The summed E-state index contributed by atoms with van der Waals surface area (Å²) in [5.74, 6) is 0. The van der Waals surface area contributed by atoms with E-state index in [1.54, 1.807) is 0 Å². The Balaban J connectivity index is 2.41. The minimum absolute atomic E-state index is 0.108. The third kappa shape index (κ3) is 0.904. The van der Waals surface area contributed by atoms with Crippen LogP contribution < -0.4 is 0 Å². The second kappa shape index (κ2) is 1.88. The lowest BCUT2D eigenvalue weighted by atomic mass is 10.2. The van der Waals surface area contributed by atoms with Gasteiger partial charge in [-0.1, -0.05) is 12.2 Å². The minimum Gasteiger partial charge on any atom is -0.393 e. The van der Waals surface area contributed by atoms with Crippen molar-refractivity contribution in [3.63, 3.8) is 0 Å². The highest BCUT2D eigenvalue weighted by atomic mass is 16.6. The first-order chi connectivity index (χ1) is 3.83. The van der Waals surface area contributed by atoms with Gasteiger partial charge < -0.3 is 9.84 Å². The fourth-order valence-corrected chi connectivity index (χ4v) is 0.637. The Hall–Kier alpha value is -0.340. The molecule has 0 aromatic rings. The maximum atomic E-state index is 8.61. The average molecular weight is 114 g/mol. The summed E-state index contributed by atoms with van der Waals surface area (Å²) < 4.78 is 4.95. The molecule has 0 spiro atoms. The molecule has 1 rings (SSSR count). The van der Waals surface area contributed by atoms with Crippen LogP contribution in [0.4, 0.5) is 0 Å². The molecule has 0 amide bonds. The molecule has 0 aromatic heterocycles. The van der Waals surface area contributed by atoms with Crippen LogP contribution in [-0.4, -0.2) is 23.9 Å². The molecule has 0 saturated carbocycles. The van der Waals surface area contributed by atoms with Gasteiger partial charge in [0.05, 0.1) is 13.2 Å². The molecular formula is C6H10O2. The minimum atomic E-state index is -0.283. The van der Waals surface area contributed by atoms with Gasteiger partial charge in [-0.2, -0.15) is 0 Å². The summed E-state index contributed by atoms with van der Waals surface area (Å²) in [6.07, 6.45) is 3.77. The van der Waals surface area contributed by atoms with Crippen LogP contribution >= 0.6 is 0 Å². The molecule has 8 heavy (non-hydrogen) atoms. The SMILES string of the molecule is C/C=C/C1(CO)CO1. The van der Waals surface area contributed by atoms with Crippen molar-refractivity contribution in [1.82, 2.24) is 0 Å². The molecule has 0 radical (unpaired) electrons. The van der Waals surface area contributed by atoms with Crippen molar-refractivity contribution in [2.75, 3.05) is 13.2 Å². The number of ether oxygens (including phenoxy) is 1. The molecule has 1 aliphatic rings. The number of hydrogen-bond acceptors (Lipinski definition) is 2. The number of aliphatic hydroxyl groups excluding tert-OH is 1. The molecule has 2 heteroatoms. The van der Waals surface area contributed by atoms with Gasteiger partial charge in [-0.25, -0.2) is 0 Å². The molecule has 46 valence electrons. The number of hydrogen-bond donors (Lipinski definition) is 1. The van der Waals surface area contributed by atoms with Gasteiger partial charge in [0.15, 0.2) is 0 Å². The van der Waals surface area contributed by atoms with Crippen molar-refractivity contribution >= 4 is 0 Å². The Morgan fingerprint density at radius 3 is 2.62 bits per heavy atom. The molecule has 1 fully saturated rings. The van der Waals surface area contributed by atoms with Crippen LogP contribution in [0, 0.1) is 0 Å². The summed E-state index contributed by atoms with van der Waals surface area (Å²) in [4.78, 5) is 0. The monoisotopic (exact) mass is 114 g/mol. The van der Waals surface area contributed by atoms with Crippen molar-refractivity contribution in [2.45, 2.75) is 12.5 Å². The fourth-order valence-electron chi connectivity index (χ4n) is 0.637. The molecule has 2 nitrogen and oxygen atoms in total. The molecule has 1 atom stereocenters. The molecule has 1 aliphatic heterocycles. The van der Waals surface area contributed by atoms with Crippen molar-refractivity contribution in [1.29, 1.82) is 0 Å². The van der Waals surface area contributed by atoms with E-state index in [9.17, 15) is 0 Å². The summed E-state index contributed by atoms with van der Waals surface area (Å²) in [6.45, 7) is 2.70. The van der Waals surface area contributed by atoms with Gasteiger partial charge in [0, 0.05) is 0 Å². The summed E-state index contributed by atoms with van der Waals surface area (Å²) in [6, 6.07) is 0. The Labute approximate surface area is 48.8 Å². The highest BCUT2D eigenvalue weighted by molar-refractivity contribution is 5.09. The second-order valence-electron chi connectivity index (χ2n) is 2.01. The van der Waals surface area contributed by atoms with Crippen LogP contribution in [0.25, 0.3) is 0 Å². The summed E-state index contributed by atoms with van der Waals surface area (Å²) in [5, 5.41) is 8.61. The number of rotatable bonds is 2. The van der Waals surface area contributed by atoms with Crippen molar-refractivity contribution < 1.29 is 9.84 Å². The lowest BCUT2D eigenvalue weighted by Crippen LogP contribution is -2.11. The Morgan fingerprint density at radius 1 is 1.88 bits per heavy atom. The Kier molecular flexibility index (Phi) is 1.36. The molecule has 1 saturated heterocycles. The maximum Gasteiger partial charge on any atom is 0.133 e. The summed E-state index contributed by atoms with van der Waals surface area (Å²) >= 11 is 0. The van der Waals surface area contributed by atoms with E-state index in [1.165, 1.54) is 0 Å². The third-order valence-corrected chi connectivity index (χ3v) is 1.25. The summed E-state index contributed by atoms with van der Waals surface area (Å²) in [7, 11) is 0. The zero-order valence-electron chi connectivity index (χ0n) is 4.92. The third-order valence-electron chi connectivity index (χ3n) is 1.25. The van der Waals surface area contributed by atoms with E-state index in [4.69, 9.17) is 9.84 Å². The van der Waals surface area contributed by atoms with E-state index >= 15 is 0 Å². The van der Waals surface area contributed by atoms with Crippen molar-refractivity contribution in [3.05, 3.63) is 12.2 Å². The van der Waals surface area contributed by atoms with Crippen LogP contribution in [0.3, 0.4) is 0 Å². The Bertz CT molecular complexity index is 103. The zero-order valence-corrected chi connectivity index (χ0v) is 4.92. The van der Waals surface area contributed by atoms with E-state index < -0.39 is 0 Å². The second-order valence-corrected chi connectivity index (χ2v) is 2.01. The number of aliphatic hydroxyl groups is 1. The van der Waals surface area contributed by atoms with Gasteiger partial charge in [0.1, 0.15) is 5.60 Å². The Morgan fingerprint density at radius 2 is 2.50 bits per heavy atom. The normalized spacial score (nSPS) is 36.2. The van der Waals surface area contributed by atoms with E-state index in [2.05, 4.69) is 0 Å². The number of allylic oxidation sites excluding steroid dienone is 1. The highest BCUT2D eigenvalue weighted by Crippen LogP contribution is 2.27. The van der Waals surface area contributed by atoms with Gasteiger partial charge in [-0.3, -0.25) is 0 Å². The highest BCUT2D eigenvalue weighted by Gasteiger charge is 2.40. The van der Waals surface area contributed by atoms with E-state index in [-0.39, 0.29) is 12.2 Å². The lowest BCUT2D eigenvalue weighted by Gasteiger charge is -1.96. The predicted octanol–water partition coefficient (Wildman–Crippen LogP) is 0.324. The molecular weight excluding hydrogens is 104 g/mol. The first-order valence-electron chi connectivity index (χ1n) is 2.72. The first kappa shape index (κ1) is 5.79. The maximum absolute atomic E-state index is 8.61. The first-order valence-corrected chi connectivity index (χ1v) is 2.72. The van der Waals surface area contributed by atoms with Crippen LogP contribution in [-0.2, 0) is 4.74 Å². The lowest BCUT2D eigenvalue weighted by molar-refractivity contribution is 0.203. The van der Waals surface area contributed by atoms with Crippen LogP contribution in [0.2, 0.25) is 0 Å². The van der Waals surface area contributed by atoms with Gasteiger partial charge >= 0.3 is 0 Å². The van der Waals surface area contributed by atoms with E-state index in [0.717, 1.165) is 0 Å². The number of epoxide rings is 1.